The van der Waals surface area contributed by atoms with E-state index in [2.05, 4.69) is 10.6 Å². The van der Waals surface area contributed by atoms with Crippen LogP contribution < -0.4 is 10.6 Å². The Morgan fingerprint density at radius 2 is 1.96 bits per heavy atom. The Bertz CT molecular complexity index is 839. The zero-order chi connectivity index (χ0) is 17.9. The number of nitro benzene ring substituents is 1. The van der Waals surface area contributed by atoms with Crippen LogP contribution in [-0.4, -0.2) is 15.9 Å². The van der Waals surface area contributed by atoms with E-state index in [4.69, 9.17) is 23.8 Å². The first-order chi connectivity index (χ1) is 11.3. The third-order valence-corrected chi connectivity index (χ3v) is 3.75. The van der Waals surface area contributed by atoms with Crippen molar-refractivity contribution in [3.05, 3.63) is 68.2 Å². The summed E-state index contributed by atoms with van der Waals surface area (Å²) >= 11 is 11.0. The van der Waals surface area contributed by atoms with Crippen LogP contribution in [0.25, 0.3) is 0 Å². The van der Waals surface area contributed by atoms with E-state index in [-0.39, 0.29) is 21.7 Å². The van der Waals surface area contributed by atoms with E-state index in [0.717, 1.165) is 5.56 Å². The summed E-state index contributed by atoms with van der Waals surface area (Å²) in [5.74, 6) is -0.345. The number of carbonyl (C=O) groups excluding carboxylic acids is 1. The van der Waals surface area contributed by atoms with E-state index in [1.165, 1.54) is 12.1 Å². The molecule has 2 rings (SSSR count). The lowest BCUT2D eigenvalue weighted by molar-refractivity contribution is -0.384. The van der Waals surface area contributed by atoms with Crippen molar-refractivity contribution in [1.82, 2.24) is 5.32 Å². The Morgan fingerprint density at radius 3 is 2.58 bits per heavy atom. The van der Waals surface area contributed by atoms with Gasteiger partial charge in [0.15, 0.2) is 5.11 Å². The third-order valence-electron chi connectivity index (χ3n) is 3.25. The second kappa shape index (κ2) is 7.37. The van der Waals surface area contributed by atoms with Gasteiger partial charge in [0.25, 0.3) is 11.6 Å². The Kier molecular flexibility index (Phi) is 5.48. The van der Waals surface area contributed by atoms with Gasteiger partial charge in [0.2, 0.25) is 0 Å². The van der Waals surface area contributed by atoms with Crippen LogP contribution in [0.1, 0.15) is 21.5 Å². The summed E-state index contributed by atoms with van der Waals surface area (Å²) < 4.78 is 0. The summed E-state index contributed by atoms with van der Waals surface area (Å²) in [6.45, 7) is 3.56. The number of aryl methyl sites for hydroxylation is 2. The van der Waals surface area contributed by atoms with Crippen LogP contribution in [0.4, 0.5) is 11.4 Å². The average Bonchev–Trinajstić information content (AvgIpc) is 2.50. The predicted octanol–water partition coefficient (Wildman–Crippen LogP) is 3.99. The van der Waals surface area contributed by atoms with E-state index >= 15 is 0 Å². The van der Waals surface area contributed by atoms with E-state index in [1.54, 1.807) is 25.1 Å². The Balaban J connectivity index is 2.11. The first-order valence-electron chi connectivity index (χ1n) is 6.91. The molecule has 6 nitrogen and oxygen atoms in total. The number of carbonyl (C=O) groups is 1. The Labute approximate surface area is 149 Å². The van der Waals surface area contributed by atoms with Crippen LogP contribution in [0.15, 0.2) is 36.4 Å². The molecule has 0 saturated heterocycles. The van der Waals surface area contributed by atoms with Crippen molar-refractivity contribution >= 4 is 46.2 Å². The number of anilines is 1. The van der Waals surface area contributed by atoms with Crippen molar-refractivity contribution in [1.29, 1.82) is 0 Å². The molecular formula is C16H14ClN3O3S. The highest BCUT2D eigenvalue weighted by atomic mass is 35.5. The number of hydrogen-bond donors (Lipinski definition) is 2. The fourth-order valence-electron chi connectivity index (χ4n) is 2.06. The fraction of sp³-hybridized carbons (Fsp3) is 0.125. The smallest absolute Gasteiger partial charge is 0.288 e. The number of hydrogen-bond acceptors (Lipinski definition) is 4. The number of nitrogens with zero attached hydrogens (tertiary/aromatic N) is 1. The number of thiocarbonyl (C=S) groups is 1. The summed E-state index contributed by atoms with van der Waals surface area (Å²) in [5, 5.41) is 16.3. The van der Waals surface area contributed by atoms with Gasteiger partial charge in [0, 0.05) is 17.3 Å². The highest BCUT2D eigenvalue weighted by Crippen LogP contribution is 2.30. The van der Waals surface area contributed by atoms with Gasteiger partial charge in [-0.3, -0.25) is 20.2 Å². The van der Waals surface area contributed by atoms with Crippen molar-refractivity contribution in [2.75, 3.05) is 5.32 Å². The summed E-state index contributed by atoms with van der Waals surface area (Å²) in [6.07, 6.45) is 0. The Hall–Kier alpha value is -2.51. The minimum Gasteiger partial charge on any atom is -0.332 e. The molecule has 0 radical (unpaired) electrons. The van der Waals surface area contributed by atoms with Gasteiger partial charge in [-0.05, 0) is 49.8 Å². The largest absolute Gasteiger partial charge is 0.332 e. The number of nitro groups is 1. The lowest BCUT2D eigenvalue weighted by Crippen LogP contribution is -2.34. The van der Waals surface area contributed by atoms with Gasteiger partial charge in [-0.1, -0.05) is 29.3 Å². The van der Waals surface area contributed by atoms with E-state index in [9.17, 15) is 14.9 Å². The maximum Gasteiger partial charge on any atom is 0.288 e. The molecule has 0 heterocycles. The van der Waals surface area contributed by atoms with Crippen LogP contribution in [0, 0.1) is 24.0 Å². The van der Waals surface area contributed by atoms with Crippen molar-refractivity contribution in [3.63, 3.8) is 0 Å². The van der Waals surface area contributed by atoms with Crippen molar-refractivity contribution in [2.45, 2.75) is 13.8 Å². The van der Waals surface area contributed by atoms with Gasteiger partial charge >= 0.3 is 0 Å². The quantitative estimate of drug-likeness (QED) is 0.489. The van der Waals surface area contributed by atoms with Gasteiger partial charge in [-0.2, -0.15) is 0 Å². The first-order valence-corrected chi connectivity index (χ1v) is 7.70. The Morgan fingerprint density at radius 1 is 1.25 bits per heavy atom. The molecule has 0 unspecified atom stereocenters. The summed E-state index contributed by atoms with van der Waals surface area (Å²) in [4.78, 5) is 22.4. The number of nitrogens with one attached hydrogen (secondary N) is 2. The lowest BCUT2D eigenvalue weighted by Gasteiger charge is -2.12. The molecule has 1 amide bonds. The molecule has 0 aromatic heterocycles. The average molecular weight is 364 g/mol. The van der Waals surface area contributed by atoms with Crippen molar-refractivity contribution in [3.8, 4) is 0 Å². The zero-order valence-electron chi connectivity index (χ0n) is 12.9. The number of amides is 1. The van der Waals surface area contributed by atoms with Gasteiger partial charge in [-0.15, -0.1) is 0 Å². The first kappa shape index (κ1) is 17.8. The molecule has 0 aliphatic heterocycles. The number of benzene rings is 2. The van der Waals surface area contributed by atoms with Crippen molar-refractivity contribution in [2.24, 2.45) is 0 Å². The molecule has 124 valence electrons. The molecule has 2 aromatic carbocycles. The highest BCUT2D eigenvalue weighted by molar-refractivity contribution is 7.80. The van der Waals surface area contributed by atoms with Crippen LogP contribution in [0.3, 0.4) is 0 Å². The third kappa shape index (κ3) is 4.27. The minimum atomic E-state index is -0.559. The van der Waals surface area contributed by atoms with Crippen LogP contribution >= 0.6 is 23.8 Å². The molecule has 8 heteroatoms. The second-order valence-corrected chi connectivity index (χ2v) is 5.97. The van der Waals surface area contributed by atoms with E-state index in [1.807, 2.05) is 13.0 Å². The number of halogens is 1. The SMILES string of the molecule is Cc1cccc(C(=O)NC(=S)Nc2cc(Cl)c([N+](=O)[O-])cc2C)c1. The monoisotopic (exact) mass is 363 g/mol. The molecule has 0 fully saturated rings. The molecule has 0 atom stereocenters. The summed E-state index contributed by atoms with van der Waals surface area (Å²) in [7, 11) is 0. The number of rotatable bonds is 3. The molecular weight excluding hydrogens is 350 g/mol. The van der Waals surface area contributed by atoms with E-state index < -0.39 is 4.92 Å². The maximum absolute atomic E-state index is 12.1. The molecule has 0 saturated carbocycles. The van der Waals surface area contributed by atoms with Crippen LogP contribution in [0.5, 0.6) is 0 Å². The molecule has 0 aliphatic rings. The predicted molar refractivity (Wildman–Crippen MR) is 97.7 cm³/mol. The normalized spacial score (nSPS) is 10.1. The molecule has 24 heavy (non-hydrogen) atoms. The van der Waals surface area contributed by atoms with Crippen molar-refractivity contribution < 1.29 is 9.72 Å². The summed E-state index contributed by atoms with van der Waals surface area (Å²) in [5.41, 5.74) is 2.32. The van der Waals surface area contributed by atoms with E-state index in [0.29, 0.717) is 16.8 Å². The van der Waals surface area contributed by atoms with Gasteiger partial charge < -0.3 is 5.32 Å². The molecule has 0 aliphatic carbocycles. The van der Waals surface area contributed by atoms with Gasteiger partial charge in [0.1, 0.15) is 5.02 Å². The highest BCUT2D eigenvalue weighted by Gasteiger charge is 2.16. The second-order valence-electron chi connectivity index (χ2n) is 5.15. The molecule has 0 bridgehead atoms. The fourth-order valence-corrected chi connectivity index (χ4v) is 2.49. The maximum atomic E-state index is 12.1. The van der Waals surface area contributed by atoms with Crippen LogP contribution in [0.2, 0.25) is 5.02 Å². The zero-order valence-corrected chi connectivity index (χ0v) is 14.5. The van der Waals surface area contributed by atoms with Crippen LogP contribution in [-0.2, 0) is 0 Å². The minimum absolute atomic E-state index is 0.0130. The lowest BCUT2D eigenvalue weighted by atomic mass is 10.1. The molecule has 0 spiro atoms. The summed E-state index contributed by atoms with van der Waals surface area (Å²) in [6, 6.07) is 9.83. The standard InChI is InChI=1S/C16H14ClN3O3S/c1-9-4-3-5-11(6-9)15(21)19-16(24)18-13-8-12(17)14(20(22)23)7-10(13)2/h3-8H,1-2H3,(H2,18,19,21,24). The topological polar surface area (TPSA) is 84.3 Å². The molecule has 2 N–H and O–H groups in total. The van der Waals surface area contributed by atoms with Gasteiger partial charge in [0.05, 0.1) is 4.92 Å². The van der Waals surface area contributed by atoms with Gasteiger partial charge in [-0.25, -0.2) is 0 Å². The molecule has 2 aromatic rings.